The first-order chi connectivity index (χ1) is 13.9. The van der Waals surface area contributed by atoms with Crippen molar-refractivity contribution in [3.63, 3.8) is 0 Å². The molecule has 0 aliphatic rings. The number of rotatable bonds is 4. The van der Waals surface area contributed by atoms with E-state index in [0.717, 1.165) is 16.8 Å². The highest BCUT2D eigenvalue weighted by Crippen LogP contribution is 2.22. The van der Waals surface area contributed by atoms with E-state index in [1.165, 1.54) is 18.3 Å². The molecule has 5 nitrogen and oxygen atoms in total. The van der Waals surface area contributed by atoms with E-state index in [2.05, 4.69) is 4.98 Å². The van der Waals surface area contributed by atoms with Crippen LogP contribution in [-0.4, -0.2) is 18.0 Å². The third kappa shape index (κ3) is 3.47. The van der Waals surface area contributed by atoms with Gasteiger partial charge in [0.1, 0.15) is 10.5 Å². The van der Waals surface area contributed by atoms with Gasteiger partial charge in [-0.25, -0.2) is 13.4 Å². The normalized spacial score (nSPS) is 11.7. The summed E-state index contributed by atoms with van der Waals surface area (Å²) < 4.78 is 28.2. The molecule has 0 saturated heterocycles. The van der Waals surface area contributed by atoms with Crippen LogP contribution in [0.4, 0.5) is 0 Å². The average molecular weight is 404 g/mol. The lowest BCUT2D eigenvalue weighted by Gasteiger charge is -2.15. The van der Waals surface area contributed by atoms with Gasteiger partial charge in [0.15, 0.2) is 0 Å². The Labute approximate surface area is 169 Å². The summed E-state index contributed by atoms with van der Waals surface area (Å²) in [6.45, 7) is 4.26. The van der Waals surface area contributed by atoms with Gasteiger partial charge in [-0.3, -0.25) is 4.79 Å². The summed E-state index contributed by atoms with van der Waals surface area (Å²) in [5.74, 6) is 0. The number of nitrogens with zero attached hydrogens (tertiary/aromatic N) is 2. The van der Waals surface area contributed by atoms with Gasteiger partial charge in [-0.05, 0) is 49.2 Å². The molecule has 0 radical (unpaired) electrons. The highest BCUT2D eigenvalue weighted by Gasteiger charge is 2.24. The van der Waals surface area contributed by atoms with Crippen LogP contribution in [-0.2, 0) is 16.4 Å². The molecule has 2 heterocycles. The number of pyridine rings is 2. The van der Waals surface area contributed by atoms with Crippen molar-refractivity contribution in [3.8, 4) is 0 Å². The van der Waals surface area contributed by atoms with Crippen molar-refractivity contribution in [2.45, 2.75) is 30.2 Å². The van der Waals surface area contributed by atoms with E-state index < -0.39 is 15.3 Å². The van der Waals surface area contributed by atoms with Gasteiger partial charge >= 0.3 is 0 Å². The number of sulfone groups is 1. The molecule has 4 aromatic rings. The molecule has 0 saturated carbocycles. The third-order valence-corrected chi connectivity index (χ3v) is 6.74. The van der Waals surface area contributed by atoms with Gasteiger partial charge in [0, 0.05) is 18.4 Å². The fourth-order valence-electron chi connectivity index (χ4n) is 3.34. The minimum atomic E-state index is -3.96. The van der Waals surface area contributed by atoms with E-state index in [4.69, 9.17) is 0 Å². The predicted molar refractivity (Wildman–Crippen MR) is 113 cm³/mol. The minimum Gasteiger partial charge on any atom is -0.327 e. The zero-order valence-electron chi connectivity index (χ0n) is 16.2. The van der Waals surface area contributed by atoms with Crippen LogP contribution in [0.15, 0.2) is 87.5 Å². The molecule has 146 valence electrons. The molecule has 0 spiro atoms. The van der Waals surface area contributed by atoms with Gasteiger partial charge in [-0.2, -0.15) is 0 Å². The summed E-state index contributed by atoms with van der Waals surface area (Å²) in [6, 6.07) is 19.3. The lowest BCUT2D eigenvalue weighted by atomic mass is 10.1. The predicted octanol–water partition coefficient (Wildman–Crippen LogP) is 3.89. The number of aryl methyl sites for hydroxylation is 2. The topological polar surface area (TPSA) is 69.0 Å². The monoisotopic (exact) mass is 404 g/mol. The smallest absolute Gasteiger partial charge is 0.211 e. The fourth-order valence-corrected chi connectivity index (χ4v) is 4.73. The molecule has 2 aromatic carbocycles. The first kappa shape index (κ1) is 19.1. The Morgan fingerprint density at radius 3 is 2.31 bits per heavy atom. The molecule has 29 heavy (non-hydrogen) atoms. The number of benzene rings is 2. The van der Waals surface area contributed by atoms with Crippen LogP contribution in [0.25, 0.3) is 11.0 Å². The Morgan fingerprint density at radius 2 is 1.59 bits per heavy atom. The van der Waals surface area contributed by atoms with Gasteiger partial charge in [0.2, 0.25) is 15.3 Å². The fraction of sp³-hybridized carbons (Fsp3) is 0.130. The van der Waals surface area contributed by atoms with Crippen LogP contribution in [0.5, 0.6) is 0 Å². The van der Waals surface area contributed by atoms with Crippen molar-refractivity contribution in [2.75, 3.05) is 0 Å². The Kier molecular flexibility index (Phi) is 4.80. The molecule has 0 aliphatic heterocycles. The largest absolute Gasteiger partial charge is 0.327 e. The van der Waals surface area contributed by atoms with Crippen molar-refractivity contribution in [1.29, 1.82) is 0 Å². The summed E-state index contributed by atoms with van der Waals surface area (Å²) in [6.07, 6.45) is 1.42. The first-order valence-electron chi connectivity index (χ1n) is 9.23. The summed E-state index contributed by atoms with van der Waals surface area (Å²) in [5, 5.41) is 0.293. The Morgan fingerprint density at radius 1 is 0.897 bits per heavy atom. The van der Waals surface area contributed by atoms with Gasteiger partial charge in [0.25, 0.3) is 0 Å². The maximum atomic E-state index is 13.2. The SMILES string of the molecule is Cc1ccc2c(=O)c(S(=O)(=O)c3ccccc3)cn(Cc3ccccc3C)c2n1. The van der Waals surface area contributed by atoms with Gasteiger partial charge in [-0.1, -0.05) is 42.5 Å². The third-order valence-electron chi connectivity index (χ3n) is 4.97. The highest BCUT2D eigenvalue weighted by molar-refractivity contribution is 7.91. The van der Waals surface area contributed by atoms with Crippen LogP contribution < -0.4 is 5.43 Å². The van der Waals surface area contributed by atoms with Gasteiger partial charge < -0.3 is 4.57 Å². The van der Waals surface area contributed by atoms with Crippen LogP contribution in [0.2, 0.25) is 0 Å². The zero-order valence-corrected chi connectivity index (χ0v) is 17.0. The molecule has 0 amide bonds. The van der Waals surface area contributed by atoms with Crippen molar-refractivity contribution in [1.82, 2.24) is 9.55 Å². The number of hydrogen-bond donors (Lipinski definition) is 0. The quantitative estimate of drug-likeness (QED) is 0.517. The maximum Gasteiger partial charge on any atom is 0.211 e. The first-order valence-corrected chi connectivity index (χ1v) is 10.7. The van der Waals surface area contributed by atoms with Gasteiger partial charge in [0.05, 0.1) is 10.3 Å². The van der Waals surface area contributed by atoms with Crippen LogP contribution in [0, 0.1) is 13.8 Å². The van der Waals surface area contributed by atoms with Crippen molar-refractivity contribution < 1.29 is 8.42 Å². The zero-order chi connectivity index (χ0) is 20.6. The van der Waals surface area contributed by atoms with Crippen LogP contribution in [0.3, 0.4) is 0 Å². The van der Waals surface area contributed by atoms with Crippen LogP contribution in [0.1, 0.15) is 16.8 Å². The van der Waals surface area contributed by atoms with Crippen molar-refractivity contribution >= 4 is 20.9 Å². The molecule has 0 fully saturated rings. The van der Waals surface area contributed by atoms with Gasteiger partial charge in [-0.15, -0.1) is 0 Å². The van der Waals surface area contributed by atoms with E-state index >= 15 is 0 Å². The van der Waals surface area contributed by atoms with E-state index in [1.807, 2.05) is 38.1 Å². The molecular formula is C23H20N2O3S. The molecule has 4 rings (SSSR count). The summed E-state index contributed by atoms with van der Waals surface area (Å²) in [4.78, 5) is 17.5. The number of hydrogen-bond acceptors (Lipinski definition) is 4. The molecule has 0 aliphatic carbocycles. The molecular weight excluding hydrogens is 384 g/mol. The Hall–Kier alpha value is -3.25. The molecule has 2 aromatic heterocycles. The van der Waals surface area contributed by atoms with E-state index in [9.17, 15) is 13.2 Å². The van der Waals surface area contributed by atoms with Crippen molar-refractivity contribution in [2.24, 2.45) is 0 Å². The highest BCUT2D eigenvalue weighted by atomic mass is 32.2. The molecule has 0 bridgehead atoms. The molecule has 6 heteroatoms. The second kappa shape index (κ2) is 7.29. The summed E-state index contributed by atoms with van der Waals surface area (Å²) in [7, 11) is -3.96. The molecule has 0 unspecified atom stereocenters. The maximum absolute atomic E-state index is 13.2. The van der Waals surface area contributed by atoms with E-state index in [1.54, 1.807) is 34.9 Å². The Balaban J connectivity index is 2.00. The van der Waals surface area contributed by atoms with E-state index in [-0.39, 0.29) is 9.79 Å². The van der Waals surface area contributed by atoms with Crippen LogP contribution >= 0.6 is 0 Å². The summed E-state index contributed by atoms with van der Waals surface area (Å²) >= 11 is 0. The molecule has 0 N–H and O–H groups in total. The van der Waals surface area contributed by atoms with E-state index in [0.29, 0.717) is 17.6 Å². The Bertz CT molecular complexity index is 1370. The molecule has 0 atom stereocenters. The second-order valence-electron chi connectivity index (χ2n) is 7.02. The second-order valence-corrected chi connectivity index (χ2v) is 8.94. The minimum absolute atomic E-state index is 0.0963. The standard InChI is InChI=1S/C23H20N2O3S/c1-16-8-6-7-9-18(16)14-25-15-21(29(27,28)19-10-4-3-5-11-19)22(26)20-13-12-17(2)24-23(20)25/h3-13,15H,14H2,1-2H3. The average Bonchev–Trinajstić information content (AvgIpc) is 2.72. The lowest BCUT2D eigenvalue weighted by molar-refractivity contribution is 0.594. The van der Waals surface area contributed by atoms with Crippen molar-refractivity contribution in [3.05, 3.63) is 100.0 Å². The number of aromatic nitrogens is 2. The lowest BCUT2D eigenvalue weighted by Crippen LogP contribution is -2.20. The summed E-state index contributed by atoms with van der Waals surface area (Å²) in [5.41, 5.74) is 2.82. The number of fused-ring (bicyclic) bond motifs is 1.